The molecule has 1 fully saturated rings. The van der Waals surface area contributed by atoms with Gasteiger partial charge in [0.2, 0.25) is 0 Å². The van der Waals surface area contributed by atoms with Crippen LogP contribution in [0.1, 0.15) is 34.5 Å². The van der Waals surface area contributed by atoms with Gasteiger partial charge in [-0.25, -0.2) is 0 Å². The highest BCUT2D eigenvalue weighted by atomic mass is 32.1. The zero-order valence-electron chi connectivity index (χ0n) is 10.5. The van der Waals surface area contributed by atoms with Gasteiger partial charge in [0.1, 0.15) is 0 Å². The Hall–Kier alpha value is -0.910. The molecule has 1 amide bonds. The molecule has 18 heavy (non-hydrogen) atoms. The monoisotopic (exact) mass is 269 g/mol. The fourth-order valence-electron chi connectivity index (χ4n) is 2.36. The largest absolute Gasteiger partial charge is 0.393 e. The molecule has 2 unspecified atom stereocenters. The molecule has 1 aromatic heterocycles. The number of nitrogens with one attached hydrogen (secondary N) is 1. The summed E-state index contributed by atoms with van der Waals surface area (Å²) in [6.07, 6.45) is 2.65. The van der Waals surface area contributed by atoms with Crippen molar-refractivity contribution in [1.29, 1.82) is 0 Å². The van der Waals surface area contributed by atoms with E-state index in [0.717, 1.165) is 24.8 Å². The van der Waals surface area contributed by atoms with E-state index in [1.807, 2.05) is 11.4 Å². The molecule has 0 bridgehead atoms. The number of hydrogen-bond acceptors (Lipinski definition) is 4. The smallest absolute Gasteiger partial charge is 0.261 e. The van der Waals surface area contributed by atoms with E-state index >= 15 is 0 Å². The SMILES string of the molecule is COCc1ccsc1C(=O)NCC1CCCC1O. The molecule has 1 aliphatic rings. The topological polar surface area (TPSA) is 58.6 Å². The molecule has 0 aliphatic heterocycles. The van der Waals surface area contributed by atoms with Crippen LogP contribution in [0.3, 0.4) is 0 Å². The third-order valence-corrected chi connectivity index (χ3v) is 4.35. The van der Waals surface area contributed by atoms with E-state index in [9.17, 15) is 9.90 Å². The van der Waals surface area contributed by atoms with E-state index in [1.54, 1.807) is 7.11 Å². The maximum Gasteiger partial charge on any atom is 0.261 e. The number of amides is 1. The van der Waals surface area contributed by atoms with Crippen LogP contribution in [-0.4, -0.2) is 30.8 Å². The predicted octanol–water partition coefficient (Wildman–Crippen LogP) is 1.79. The van der Waals surface area contributed by atoms with Gasteiger partial charge < -0.3 is 15.2 Å². The van der Waals surface area contributed by atoms with Crippen molar-refractivity contribution in [1.82, 2.24) is 5.32 Å². The van der Waals surface area contributed by atoms with Gasteiger partial charge in [-0.2, -0.15) is 0 Å². The molecular formula is C13H19NO3S. The van der Waals surface area contributed by atoms with Gasteiger partial charge in [-0.15, -0.1) is 11.3 Å². The van der Waals surface area contributed by atoms with Crippen LogP contribution in [0.15, 0.2) is 11.4 Å². The van der Waals surface area contributed by atoms with E-state index in [-0.39, 0.29) is 17.9 Å². The van der Waals surface area contributed by atoms with Gasteiger partial charge in [-0.05, 0) is 24.3 Å². The quantitative estimate of drug-likeness (QED) is 0.856. The van der Waals surface area contributed by atoms with E-state index in [4.69, 9.17) is 4.74 Å². The number of carbonyl (C=O) groups excluding carboxylic acids is 1. The van der Waals surface area contributed by atoms with Crippen molar-refractivity contribution in [3.8, 4) is 0 Å². The Bertz CT molecular complexity index is 405. The summed E-state index contributed by atoms with van der Waals surface area (Å²) in [6, 6.07) is 1.91. The van der Waals surface area contributed by atoms with Crippen LogP contribution in [0.25, 0.3) is 0 Å². The number of carbonyl (C=O) groups is 1. The third kappa shape index (κ3) is 3.10. The lowest BCUT2D eigenvalue weighted by atomic mass is 10.1. The van der Waals surface area contributed by atoms with Crippen LogP contribution in [0, 0.1) is 5.92 Å². The van der Waals surface area contributed by atoms with Gasteiger partial charge in [0.15, 0.2) is 0 Å². The highest BCUT2D eigenvalue weighted by Crippen LogP contribution is 2.25. The van der Waals surface area contributed by atoms with Crippen LogP contribution < -0.4 is 5.32 Å². The molecule has 1 heterocycles. The minimum atomic E-state index is -0.257. The van der Waals surface area contributed by atoms with Crippen LogP contribution in [0.4, 0.5) is 0 Å². The maximum atomic E-state index is 12.0. The molecule has 0 saturated heterocycles. The maximum absolute atomic E-state index is 12.0. The van der Waals surface area contributed by atoms with Crippen LogP contribution in [0.2, 0.25) is 0 Å². The minimum Gasteiger partial charge on any atom is -0.393 e. The fraction of sp³-hybridized carbons (Fsp3) is 0.615. The number of rotatable bonds is 5. The normalized spacial score (nSPS) is 23.2. The number of ether oxygens (including phenoxy) is 1. The number of methoxy groups -OCH3 is 1. The van der Waals surface area contributed by atoms with Crippen LogP contribution in [-0.2, 0) is 11.3 Å². The third-order valence-electron chi connectivity index (χ3n) is 3.40. The lowest BCUT2D eigenvalue weighted by Crippen LogP contribution is -2.32. The number of thiophene rings is 1. The summed E-state index contributed by atoms with van der Waals surface area (Å²) in [7, 11) is 1.62. The highest BCUT2D eigenvalue weighted by Gasteiger charge is 2.25. The average molecular weight is 269 g/mol. The highest BCUT2D eigenvalue weighted by molar-refractivity contribution is 7.12. The van der Waals surface area contributed by atoms with Gasteiger partial charge in [-0.3, -0.25) is 4.79 Å². The van der Waals surface area contributed by atoms with Crippen molar-refractivity contribution < 1.29 is 14.6 Å². The predicted molar refractivity (Wildman–Crippen MR) is 70.7 cm³/mol. The lowest BCUT2D eigenvalue weighted by molar-refractivity contribution is 0.0916. The Kier molecular flexibility index (Phi) is 4.74. The molecule has 1 aromatic rings. The molecule has 0 spiro atoms. The average Bonchev–Trinajstić information content (AvgIpc) is 2.96. The Balaban J connectivity index is 1.89. The summed E-state index contributed by atoms with van der Waals surface area (Å²) in [6.45, 7) is 1.02. The summed E-state index contributed by atoms with van der Waals surface area (Å²) in [5.74, 6) is 0.149. The van der Waals surface area contributed by atoms with E-state index in [0.29, 0.717) is 18.0 Å². The molecule has 4 nitrogen and oxygen atoms in total. The Morgan fingerprint density at radius 1 is 1.61 bits per heavy atom. The number of aliphatic hydroxyl groups is 1. The summed E-state index contributed by atoms with van der Waals surface area (Å²) in [4.78, 5) is 12.7. The second-order valence-electron chi connectivity index (χ2n) is 4.68. The van der Waals surface area contributed by atoms with Gasteiger partial charge >= 0.3 is 0 Å². The first-order chi connectivity index (χ1) is 8.72. The molecule has 0 radical (unpaired) electrons. The lowest BCUT2D eigenvalue weighted by Gasteiger charge is -2.15. The first-order valence-electron chi connectivity index (χ1n) is 6.24. The zero-order chi connectivity index (χ0) is 13.0. The molecule has 100 valence electrons. The first-order valence-corrected chi connectivity index (χ1v) is 7.12. The van der Waals surface area contributed by atoms with Crippen molar-refractivity contribution >= 4 is 17.2 Å². The molecule has 2 N–H and O–H groups in total. The fourth-order valence-corrected chi connectivity index (χ4v) is 3.19. The number of hydrogen-bond donors (Lipinski definition) is 2. The van der Waals surface area contributed by atoms with Crippen molar-refractivity contribution in [2.45, 2.75) is 32.0 Å². The van der Waals surface area contributed by atoms with Crippen molar-refractivity contribution in [2.24, 2.45) is 5.92 Å². The molecule has 0 aromatic carbocycles. The Morgan fingerprint density at radius 2 is 2.44 bits per heavy atom. The molecule has 1 aliphatic carbocycles. The Morgan fingerprint density at radius 3 is 3.11 bits per heavy atom. The van der Waals surface area contributed by atoms with E-state index in [1.165, 1.54) is 11.3 Å². The van der Waals surface area contributed by atoms with Gasteiger partial charge in [0.25, 0.3) is 5.91 Å². The van der Waals surface area contributed by atoms with Gasteiger partial charge in [-0.1, -0.05) is 6.42 Å². The first kappa shape index (κ1) is 13.5. The van der Waals surface area contributed by atoms with E-state index < -0.39 is 0 Å². The zero-order valence-corrected chi connectivity index (χ0v) is 11.3. The van der Waals surface area contributed by atoms with E-state index in [2.05, 4.69) is 5.32 Å². The second-order valence-corrected chi connectivity index (χ2v) is 5.59. The van der Waals surface area contributed by atoms with Crippen LogP contribution >= 0.6 is 11.3 Å². The molecular weight excluding hydrogens is 250 g/mol. The molecule has 5 heteroatoms. The van der Waals surface area contributed by atoms with Crippen molar-refractivity contribution in [3.63, 3.8) is 0 Å². The van der Waals surface area contributed by atoms with Crippen molar-refractivity contribution in [2.75, 3.05) is 13.7 Å². The molecule has 2 atom stereocenters. The standard InChI is InChI=1S/C13H19NO3S/c1-17-8-10-5-6-18-12(10)13(16)14-7-9-3-2-4-11(9)15/h5-6,9,11,15H,2-4,7-8H2,1H3,(H,14,16). The van der Waals surface area contributed by atoms with Gasteiger partial charge in [0.05, 0.1) is 17.6 Å². The summed E-state index contributed by atoms with van der Waals surface area (Å²) >= 11 is 1.43. The second kappa shape index (κ2) is 6.31. The summed E-state index contributed by atoms with van der Waals surface area (Å²) < 4.78 is 5.06. The number of aliphatic hydroxyl groups excluding tert-OH is 1. The minimum absolute atomic E-state index is 0.0591. The van der Waals surface area contributed by atoms with Gasteiger partial charge in [0, 0.05) is 25.1 Å². The summed E-state index contributed by atoms with van der Waals surface area (Å²) in [5, 5.41) is 14.5. The molecule has 1 saturated carbocycles. The molecule has 2 rings (SSSR count). The van der Waals surface area contributed by atoms with Crippen molar-refractivity contribution in [3.05, 3.63) is 21.9 Å². The van der Waals surface area contributed by atoms with Crippen LogP contribution in [0.5, 0.6) is 0 Å². The summed E-state index contributed by atoms with van der Waals surface area (Å²) in [5.41, 5.74) is 0.923. The Labute approximate surface area is 111 Å².